The van der Waals surface area contributed by atoms with Gasteiger partial charge in [-0.2, -0.15) is 0 Å². The molecule has 0 amide bonds. The van der Waals surface area contributed by atoms with Gasteiger partial charge in [0.05, 0.1) is 0 Å². The van der Waals surface area contributed by atoms with Crippen LogP contribution in [0.25, 0.3) is 0 Å². The first-order valence-corrected chi connectivity index (χ1v) is 4.27. The zero-order chi connectivity index (χ0) is 9.14. The third-order valence-electron chi connectivity index (χ3n) is 2.55. The summed E-state index contributed by atoms with van der Waals surface area (Å²) in [5.74, 6) is 0.464. The highest BCUT2D eigenvalue weighted by molar-refractivity contribution is 5.14. The van der Waals surface area contributed by atoms with E-state index in [0.717, 1.165) is 18.4 Å². The fourth-order valence-electron chi connectivity index (χ4n) is 1.53. The van der Waals surface area contributed by atoms with E-state index >= 15 is 0 Å². The van der Waals surface area contributed by atoms with Gasteiger partial charge in [-0.05, 0) is 38.2 Å². The lowest BCUT2D eigenvalue weighted by molar-refractivity contribution is -0.272. The van der Waals surface area contributed by atoms with Gasteiger partial charge in [0.15, 0.2) is 0 Å². The molecule has 0 spiro atoms. The van der Waals surface area contributed by atoms with Crippen LogP contribution in [0, 0.1) is 5.92 Å². The molecule has 0 aliphatic heterocycles. The first-order valence-electron chi connectivity index (χ1n) is 4.27. The Morgan fingerprint density at radius 3 is 2.92 bits per heavy atom. The van der Waals surface area contributed by atoms with Crippen molar-refractivity contribution in [2.24, 2.45) is 5.92 Å². The molecule has 0 heterocycles. The van der Waals surface area contributed by atoms with Gasteiger partial charge >= 0.3 is 0 Å². The summed E-state index contributed by atoms with van der Waals surface area (Å²) in [4.78, 5) is 4.37. The van der Waals surface area contributed by atoms with Crippen LogP contribution in [-0.4, -0.2) is 11.4 Å². The van der Waals surface area contributed by atoms with Crippen LogP contribution in [0.3, 0.4) is 0 Å². The molecular weight excluding hydrogens is 152 g/mol. The van der Waals surface area contributed by atoms with Crippen molar-refractivity contribution in [3.8, 4) is 0 Å². The van der Waals surface area contributed by atoms with E-state index in [2.05, 4.69) is 17.5 Å². The van der Waals surface area contributed by atoms with Crippen molar-refractivity contribution in [3.05, 3.63) is 23.8 Å². The molecule has 0 bridgehead atoms. The van der Waals surface area contributed by atoms with Crippen molar-refractivity contribution in [2.45, 2.75) is 32.8 Å². The molecular formula is C10H16O2. The van der Waals surface area contributed by atoms with Crippen LogP contribution in [0.5, 0.6) is 0 Å². The highest BCUT2D eigenvalue weighted by Crippen LogP contribution is 2.29. The molecule has 1 N–H and O–H groups in total. The van der Waals surface area contributed by atoms with Gasteiger partial charge in [0.25, 0.3) is 0 Å². The molecule has 0 radical (unpaired) electrons. The monoisotopic (exact) mass is 168 g/mol. The minimum atomic E-state index is -0.125. The number of hydrogen-bond donors (Lipinski definition) is 1. The fraction of sp³-hybridized carbons (Fsp3) is 0.600. The minimum absolute atomic E-state index is 0.125. The van der Waals surface area contributed by atoms with E-state index in [1.165, 1.54) is 5.57 Å². The Bertz CT molecular complexity index is 206. The van der Waals surface area contributed by atoms with E-state index in [9.17, 15) is 0 Å². The summed E-state index contributed by atoms with van der Waals surface area (Å²) in [7, 11) is 0. The predicted molar refractivity (Wildman–Crippen MR) is 48.8 cm³/mol. The summed E-state index contributed by atoms with van der Waals surface area (Å²) in [6.07, 6.45) is 3.87. The molecule has 0 aromatic heterocycles. The van der Waals surface area contributed by atoms with Crippen molar-refractivity contribution in [2.75, 3.05) is 0 Å². The minimum Gasteiger partial charge on any atom is -0.251 e. The van der Waals surface area contributed by atoms with E-state index in [4.69, 9.17) is 5.26 Å². The Morgan fingerprint density at radius 2 is 2.42 bits per heavy atom. The number of rotatable bonds is 2. The zero-order valence-electron chi connectivity index (χ0n) is 7.71. The van der Waals surface area contributed by atoms with Crippen molar-refractivity contribution >= 4 is 0 Å². The van der Waals surface area contributed by atoms with Crippen molar-refractivity contribution in [3.63, 3.8) is 0 Å². The van der Waals surface area contributed by atoms with Gasteiger partial charge in [0.1, 0.15) is 6.10 Å². The van der Waals surface area contributed by atoms with Crippen LogP contribution in [0.2, 0.25) is 0 Å². The Kier molecular flexibility index (Phi) is 3.06. The molecule has 68 valence electrons. The summed E-state index contributed by atoms with van der Waals surface area (Å²) >= 11 is 0. The third kappa shape index (κ3) is 1.96. The Labute approximate surface area is 73.5 Å². The molecule has 2 nitrogen and oxygen atoms in total. The maximum atomic E-state index is 8.59. The molecule has 1 unspecified atom stereocenters. The molecule has 12 heavy (non-hydrogen) atoms. The third-order valence-corrected chi connectivity index (χ3v) is 2.55. The first kappa shape index (κ1) is 9.49. The van der Waals surface area contributed by atoms with Crippen LogP contribution in [0.1, 0.15) is 26.7 Å². The molecule has 0 aromatic carbocycles. The van der Waals surface area contributed by atoms with Gasteiger partial charge in [-0.25, -0.2) is 4.89 Å². The van der Waals surface area contributed by atoms with Crippen LogP contribution in [0.15, 0.2) is 23.8 Å². The topological polar surface area (TPSA) is 29.5 Å². The van der Waals surface area contributed by atoms with E-state index in [1.807, 2.05) is 13.8 Å². The average molecular weight is 168 g/mol. The summed E-state index contributed by atoms with van der Waals surface area (Å²) < 4.78 is 0. The van der Waals surface area contributed by atoms with E-state index < -0.39 is 0 Å². The Morgan fingerprint density at radius 1 is 1.75 bits per heavy atom. The first-order chi connectivity index (χ1) is 5.65. The Balaban J connectivity index is 2.64. The van der Waals surface area contributed by atoms with Gasteiger partial charge in [-0.1, -0.05) is 18.2 Å². The van der Waals surface area contributed by atoms with Gasteiger partial charge in [-0.3, -0.25) is 5.26 Å². The molecule has 0 saturated heterocycles. The molecule has 2 heteroatoms. The lowest BCUT2D eigenvalue weighted by atomic mass is 9.84. The maximum Gasteiger partial charge on any atom is 0.114 e. The van der Waals surface area contributed by atoms with Crippen molar-refractivity contribution < 1.29 is 10.1 Å². The molecule has 0 fully saturated rings. The molecule has 0 aromatic rings. The predicted octanol–water partition coefficient (Wildman–Crippen LogP) is 2.78. The second kappa shape index (κ2) is 3.87. The second-order valence-electron chi connectivity index (χ2n) is 3.56. The van der Waals surface area contributed by atoms with E-state index in [1.54, 1.807) is 0 Å². The molecule has 1 aliphatic carbocycles. The maximum absolute atomic E-state index is 8.59. The quantitative estimate of drug-likeness (QED) is 0.390. The highest BCUT2D eigenvalue weighted by Gasteiger charge is 2.22. The Hall–Kier alpha value is -0.600. The SMILES string of the molecule is C=C(C)[C@@H]1CC=C(C)C(OO)C1. The normalized spacial score (nSPS) is 29.8. The van der Waals surface area contributed by atoms with Crippen molar-refractivity contribution in [1.82, 2.24) is 0 Å². The van der Waals surface area contributed by atoms with Gasteiger partial charge in [0, 0.05) is 0 Å². The summed E-state index contributed by atoms with van der Waals surface area (Å²) in [6.45, 7) is 7.91. The van der Waals surface area contributed by atoms with Crippen molar-refractivity contribution in [1.29, 1.82) is 0 Å². The summed E-state index contributed by atoms with van der Waals surface area (Å²) in [5, 5.41) is 8.59. The number of allylic oxidation sites excluding steroid dienone is 2. The zero-order valence-corrected chi connectivity index (χ0v) is 7.71. The average Bonchev–Trinajstić information content (AvgIpc) is 2.05. The van der Waals surface area contributed by atoms with Gasteiger partial charge in [-0.15, -0.1) is 0 Å². The van der Waals surface area contributed by atoms with Crippen LogP contribution >= 0.6 is 0 Å². The van der Waals surface area contributed by atoms with Gasteiger partial charge < -0.3 is 0 Å². The lowest BCUT2D eigenvalue weighted by Gasteiger charge is -2.26. The van der Waals surface area contributed by atoms with E-state index in [-0.39, 0.29) is 6.10 Å². The molecule has 0 saturated carbocycles. The number of hydrogen-bond acceptors (Lipinski definition) is 2. The summed E-state index contributed by atoms with van der Waals surface area (Å²) in [6, 6.07) is 0. The molecule has 2 atom stereocenters. The smallest absolute Gasteiger partial charge is 0.114 e. The van der Waals surface area contributed by atoms with E-state index in [0.29, 0.717) is 5.92 Å². The van der Waals surface area contributed by atoms with Crippen LogP contribution < -0.4 is 0 Å². The van der Waals surface area contributed by atoms with Crippen LogP contribution in [-0.2, 0) is 4.89 Å². The second-order valence-corrected chi connectivity index (χ2v) is 3.56. The lowest BCUT2D eigenvalue weighted by Crippen LogP contribution is -2.22. The fourth-order valence-corrected chi connectivity index (χ4v) is 1.53. The summed E-state index contributed by atoms with van der Waals surface area (Å²) in [5.41, 5.74) is 2.29. The highest BCUT2D eigenvalue weighted by atomic mass is 17.1. The standard InChI is InChI=1S/C10H16O2/c1-7(2)9-5-4-8(3)10(6-9)12-11/h4,9-11H,1,5-6H2,2-3H3/t9-,10?/m1/s1. The molecule has 1 rings (SSSR count). The van der Waals surface area contributed by atoms with Crippen LogP contribution in [0.4, 0.5) is 0 Å². The molecule has 1 aliphatic rings. The largest absolute Gasteiger partial charge is 0.251 e. The van der Waals surface area contributed by atoms with Gasteiger partial charge in [0.2, 0.25) is 0 Å².